The van der Waals surface area contributed by atoms with Crippen LogP contribution in [0.4, 0.5) is 40.8 Å². The molecule has 6 aliphatic rings. The predicted octanol–water partition coefficient (Wildman–Crippen LogP) is 4.02. The van der Waals surface area contributed by atoms with Crippen LogP contribution in [0.3, 0.4) is 0 Å². The number of sulfonamides is 1. The summed E-state index contributed by atoms with van der Waals surface area (Å²) in [6, 6.07) is 11.4. The molecule has 5 fully saturated rings. The van der Waals surface area contributed by atoms with Gasteiger partial charge >= 0.3 is 12.3 Å². The molecule has 15 heteroatoms. The molecule has 4 saturated carbocycles. The number of nitrogens with one attached hydrogen (secondary N) is 1. The normalized spacial score (nSPS) is 29.5. The molecule has 5 atom stereocenters. The maximum atomic E-state index is 13.1. The number of hydrogen-bond donors (Lipinski definition) is 2. The summed E-state index contributed by atoms with van der Waals surface area (Å²) in [5.74, 6) is 0.863. The zero-order chi connectivity index (χ0) is 32.3. The zero-order valence-electron chi connectivity index (χ0n) is 25.4. The van der Waals surface area contributed by atoms with E-state index in [1.54, 1.807) is 11.3 Å². The Morgan fingerprint density at radius 2 is 1.67 bits per heavy atom. The topological polar surface area (TPSA) is 119 Å². The Labute approximate surface area is 266 Å². The zero-order valence-corrected chi connectivity index (χ0v) is 26.2. The van der Waals surface area contributed by atoms with Crippen LogP contribution in [-0.4, -0.2) is 91.7 Å². The number of aromatic nitrogens is 1. The highest BCUT2D eigenvalue weighted by atomic mass is 32.2. The number of hydrogen-bond acceptors (Lipinski definition) is 9. The van der Waals surface area contributed by atoms with Gasteiger partial charge in [0, 0.05) is 38.8 Å². The second-order valence-electron chi connectivity index (χ2n) is 13.4. The van der Waals surface area contributed by atoms with Crippen molar-refractivity contribution in [2.24, 2.45) is 17.8 Å². The van der Waals surface area contributed by atoms with Crippen molar-refractivity contribution in [2.45, 2.75) is 56.3 Å². The minimum absolute atomic E-state index is 0.0188. The summed E-state index contributed by atoms with van der Waals surface area (Å²) in [6.07, 6.45) is -0.199. The number of fused-ring (bicyclic) bond motifs is 1. The number of aliphatic hydroxyl groups is 1. The van der Waals surface area contributed by atoms with E-state index in [1.165, 1.54) is 0 Å². The summed E-state index contributed by atoms with van der Waals surface area (Å²) in [4.78, 5) is 27.7. The lowest BCUT2D eigenvalue weighted by atomic mass is 9.52. The van der Waals surface area contributed by atoms with E-state index in [-0.39, 0.29) is 31.0 Å². The van der Waals surface area contributed by atoms with Gasteiger partial charge in [-0.25, -0.2) is 23.3 Å². The summed E-state index contributed by atoms with van der Waals surface area (Å²) < 4.78 is 63.6. The summed E-state index contributed by atoms with van der Waals surface area (Å²) in [5.41, 5.74) is 1.79. The predicted molar refractivity (Wildman–Crippen MR) is 165 cm³/mol. The number of carbonyl (C=O) groups excluding carboxylic acids is 1. The molecular formula is C31H39F3N6O5S. The Morgan fingerprint density at radius 3 is 2.30 bits per heavy atom. The number of amides is 1. The van der Waals surface area contributed by atoms with E-state index in [1.807, 2.05) is 46.2 Å². The lowest BCUT2D eigenvalue weighted by molar-refractivity contribution is -0.137. The molecule has 1 aromatic carbocycles. The average Bonchev–Trinajstić information content (AvgIpc) is 3.01. The van der Waals surface area contributed by atoms with Crippen molar-refractivity contribution in [1.82, 2.24) is 14.6 Å². The number of anilines is 4. The monoisotopic (exact) mass is 664 g/mol. The smallest absolute Gasteiger partial charge is 0.390 e. The first-order chi connectivity index (χ1) is 21.9. The van der Waals surface area contributed by atoms with E-state index < -0.39 is 40.1 Å². The Morgan fingerprint density at radius 1 is 0.978 bits per heavy atom. The van der Waals surface area contributed by atoms with Gasteiger partial charge in [0.2, 0.25) is 10.0 Å². The van der Waals surface area contributed by atoms with E-state index in [9.17, 15) is 31.5 Å². The van der Waals surface area contributed by atoms with Crippen LogP contribution >= 0.6 is 0 Å². The summed E-state index contributed by atoms with van der Waals surface area (Å²) >= 11 is 0. The van der Waals surface area contributed by atoms with E-state index in [4.69, 9.17) is 4.84 Å². The number of pyridine rings is 1. The van der Waals surface area contributed by atoms with E-state index in [0.29, 0.717) is 37.9 Å². The molecule has 3 heterocycles. The minimum atomic E-state index is -4.52. The highest BCUT2D eigenvalue weighted by Gasteiger charge is 2.55. The molecule has 2 N–H and O–H groups in total. The number of alkyl halides is 3. The third-order valence-corrected chi connectivity index (χ3v) is 12.2. The molecule has 4 aliphatic carbocycles. The van der Waals surface area contributed by atoms with E-state index in [0.717, 1.165) is 53.5 Å². The number of rotatable bonds is 7. The van der Waals surface area contributed by atoms with Crippen molar-refractivity contribution >= 4 is 39.0 Å². The van der Waals surface area contributed by atoms with Crippen molar-refractivity contribution in [3.63, 3.8) is 0 Å². The van der Waals surface area contributed by atoms with Gasteiger partial charge in [-0.1, -0.05) is 12.1 Å². The van der Waals surface area contributed by atoms with Crippen LogP contribution in [0.5, 0.6) is 0 Å². The van der Waals surface area contributed by atoms with Gasteiger partial charge in [-0.2, -0.15) is 17.5 Å². The minimum Gasteiger partial charge on any atom is -0.390 e. The van der Waals surface area contributed by atoms with Gasteiger partial charge in [-0.3, -0.25) is 0 Å². The summed E-state index contributed by atoms with van der Waals surface area (Å²) in [6.45, 7) is 1.83. The largest absolute Gasteiger partial charge is 0.431 e. The van der Waals surface area contributed by atoms with Crippen molar-refractivity contribution in [1.29, 1.82) is 0 Å². The number of benzene rings is 1. The fourth-order valence-electron chi connectivity index (χ4n) is 8.47. The molecule has 2 aliphatic heterocycles. The molecule has 3 unspecified atom stereocenters. The molecule has 46 heavy (non-hydrogen) atoms. The average molecular weight is 665 g/mol. The molecule has 4 bridgehead atoms. The Hall–Kier alpha value is -3.30. The number of nitrogens with zero attached hydrogens (tertiary/aromatic N) is 5. The molecule has 1 aromatic heterocycles. The van der Waals surface area contributed by atoms with Crippen LogP contribution in [-0.2, 0) is 14.9 Å². The van der Waals surface area contributed by atoms with Crippen molar-refractivity contribution in [3.05, 3.63) is 42.6 Å². The maximum absolute atomic E-state index is 13.1. The lowest BCUT2D eigenvalue weighted by Gasteiger charge is -2.57. The van der Waals surface area contributed by atoms with Crippen LogP contribution in [0.2, 0.25) is 0 Å². The van der Waals surface area contributed by atoms with Gasteiger partial charge in [0.1, 0.15) is 5.82 Å². The number of halogens is 3. The van der Waals surface area contributed by atoms with Crippen LogP contribution in [0.15, 0.2) is 42.6 Å². The lowest BCUT2D eigenvalue weighted by Crippen LogP contribution is -2.62. The van der Waals surface area contributed by atoms with Crippen molar-refractivity contribution in [2.75, 3.05) is 59.9 Å². The molecule has 11 nitrogen and oxygen atoms in total. The fraction of sp³-hybridized carbons (Fsp3) is 0.613. The standard InChI is InChI=1S/C31H39F3N6O5S/c32-31(33,34)7-14-46(43,44)38-10-8-37(9-11-38)24-5-6-27(35-20-24)39-12-13-40(26-4-2-1-3-25(26)39)45-29(41)36-28-22-15-21-16-23(28)19-30(42,17-21)18-22/h1-6,20-23,28,42H,7-19H2,(H,36,41)/t21?,22-,23+,28?,30?. The highest BCUT2D eigenvalue weighted by Crippen LogP contribution is 2.55. The van der Waals surface area contributed by atoms with Crippen LogP contribution < -0.4 is 20.2 Å². The van der Waals surface area contributed by atoms with Crippen LogP contribution in [0, 0.1) is 17.8 Å². The summed E-state index contributed by atoms with van der Waals surface area (Å²) in [7, 11) is -3.98. The molecule has 0 radical (unpaired) electrons. The molecule has 8 rings (SSSR count). The Kier molecular flexibility index (Phi) is 7.99. The maximum Gasteiger partial charge on any atom is 0.431 e. The van der Waals surface area contributed by atoms with Crippen LogP contribution in [0.1, 0.15) is 38.5 Å². The molecular weight excluding hydrogens is 625 g/mol. The molecule has 2 aromatic rings. The van der Waals surface area contributed by atoms with Gasteiger partial charge < -0.3 is 25.1 Å². The highest BCUT2D eigenvalue weighted by molar-refractivity contribution is 7.89. The van der Waals surface area contributed by atoms with Crippen LogP contribution in [0.25, 0.3) is 0 Å². The number of hydroxylamine groups is 1. The van der Waals surface area contributed by atoms with Gasteiger partial charge in [-0.05, 0) is 74.1 Å². The first kappa shape index (κ1) is 31.3. The number of carbonyl (C=O) groups is 1. The Balaban J connectivity index is 0.965. The van der Waals surface area contributed by atoms with Crippen molar-refractivity contribution in [3.8, 4) is 0 Å². The number of piperazine rings is 1. The van der Waals surface area contributed by atoms with Gasteiger partial charge in [-0.15, -0.1) is 0 Å². The van der Waals surface area contributed by atoms with E-state index in [2.05, 4.69) is 10.3 Å². The summed E-state index contributed by atoms with van der Waals surface area (Å²) in [5, 5.41) is 15.6. The van der Waals surface area contributed by atoms with Gasteiger partial charge in [0.25, 0.3) is 0 Å². The number of para-hydroxylation sites is 2. The molecule has 1 saturated heterocycles. The van der Waals surface area contributed by atoms with Crippen molar-refractivity contribution < 1.29 is 36.3 Å². The van der Waals surface area contributed by atoms with Gasteiger partial charge in [0.05, 0.1) is 47.6 Å². The Bertz CT molecular complexity index is 1540. The van der Waals surface area contributed by atoms with Gasteiger partial charge in [0.15, 0.2) is 0 Å². The first-order valence-corrected chi connectivity index (χ1v) is 17.6. The molecule has 0 spiro atoms. The second kappa shape index (κ2) is 11.7. The first-order valence-electron chi connectivity index (χ1n) is 16.0. The molecule has 250 valence electrons. The second-order valence-corrected chi connectivity index (χ2v) is 15.5. The third kappa shape index (κ3) is 6.33. The van der Waals surface area contributed by atoms with E-state index >= 15 is 0 Å². The SMILES string of the molecule is O=C(NC1[C@@H]2CC3C[C@H]1CC(O)(C3)C2)ON1CCN(c2ccc(N3CCN(S(=O)(=O)CCC(F)(F)F)CC3)cn2)c2ccccc21. The quantitative estimate of drug-likeness (QED) is 0.453. The molecule has 1 amide bonds. The fourth-order valence-corrected chi connectivity index (χ4v) is 9.94. The third-order valence-electron chi connectivity index (χ3n) is 10.3.